The lowest BCUT2D eigenvalue weighted by Gasteiger charge is -2.09. The zero-order valence-electron chi connectivity index (χ0n) is 7.46. The molecule has 1 aliphatic carbocycles. The normalized spacial score (nSPS) is 17.9. The van der Waals surface area contributed by atoms with Crippen LogP contribution in [0.3, 0.4) is 0 Å². The summed E-state index contributed by atoms with van der Waals surface area (Å²) in [5.41, 5.74) is 6.89. The molecule has 1 aliphatic rings. The van der Waals surface area contributed by atoms with Gasteiger partial charge in [0.15, 0.2) is 0 Å². The first-order valence-corrected chi connectivity index (χ1v) is 5.06. The first-order chi connectivity index (χ1) is 6.25. The van der Waals surface area contributed by atoms with E-state index in [1.54, 1.807) is 0 Å². The minimum absolute atomic E-state index is 0.516. The van der Waals surface area contributed by atoms with Crippen molar-refractivity contribution in [3.05, 3.63) is 22.8 Å². The summed E-state index contributed by atoms with van der Waals surface area (Å²) in [4.78, 5) is 3.95. The molecule has 0 amide bonds. The molecule has 1 heterocycles. The number of aromatic nitrogens is 1. The number of hydrogen-bond donors (Lipinski definition) is 1. The van der Waals surface area contributed by atoms with E-state index in [1.165, 1.54) is 31.2 Å². The number of halogens is 1. The van der Waals surface area contributed by atoms with Crippen LogP contribution in [-0.4, -0.2) is 4.98 Å². The third-order valence-electron chi connectivity index (χ3n) is 2.66. The topological polar surface area (TPSA) is 38.9 Å². The van der Waals surface area contributed by atoms with E-state index in [9.17, 15) is 0 Å². The van der Waals surface area contributed by atoms with Crippen LogP contribution in [0.2, 0.25) is 5.15 Å². The Bertz CT molecular complexity index is 286. The molecule has 70 valence electrons. The van der Waals surface area contributed by atoms with Crippen molar-refractivity contribution < 1.29 is 0 Å². The molecule has 13 heavy (non-hydrogen) atoms. The van der Waals surface area contributed by atoms with Crippen LogP contribution in [0.1, 0.15) is 37.2 Å². The Morgan fingerprint density at radius 3 is 2.62 bits per heavy atom. The van der Waals surface area contributed by atoms with E-state index < -0.39 is 0 Å². The average Bonchev–Trinajstić information content (AvgIpc) is 2.53. The molecule has 3 heteroatoms. The zero-order chi connectivity index (χ0) is 9.26. The minimum Gasteiger partial charge on any atom is -0.384 e. The standard InChI is InChI=1S/C10H13ClN2/c11-9-5-8(6-10(12)13-9)7-3-1-2-4-7/h5-7H,1-4H2,(H2,12,13). The zero-order valence-corrected chi connectivity index (χ0v) is 8.22. The SMILES string of the molecule is Nc1cc(C2CCCC2)cc(Cl)n1. The molecule has 0 unspecified atom stereocenters. The first kappa shape index (κ1) is 8.82. The predicted octanol–water partition coefficient (Wildman–Crippen LogP) is 2.97. The molecule has 0 saturated heterocycles. The van der Waals surface area contributed by atoms with Crippen molar-refractivity contribution in [2.24, 2.45) is 0 Å². The van der Waals surface area contributed by atoms with Gasteiger partial charge in [-0.1, -0.05) is 24.4 Å². The molecule has 0 atom stereocenters. The number of hydrogen-bond acceptors (Lipinski definition) is 2. The highest BCUT2D eigenvalue weighted by molar-refractivity contribution is 6.29. The average molecular weight is 197 g/mol. The Labute approximate surface area is 83.1 Å². The highest BCUT2D eigenvalue weighted by Gasteiger charge is 2.17. The van der Waals surface area contributed by atoms with Gasteiger partial charge in [0.05, 0.1) is 0 Å². The van der Waals surface area contributed by atoms with Gasteiger partial charge in [-0.15, -0.1) is 0 Å². The van der Waals surface area contributed by atoms with Gasteiger partial charge in [0.25, 0.3) is 0 Å². The summed E-state index contributed by atoms with van der Waals surface area (Å²) in [6.45, 7) is 0. The van der Waals surface area contributed by atoms with Crippen LogP contribution in [-0.2, 0) is 0 Å². The second-order valence-corrected chi connectivity index (χ2v) is 4.02. The smallest absolute Gasteiger partial charge is 0.131 e. The molecule has 0 aliphatic heterocycles. The number of pyridine rings is 1. The maximum absolute atomic E-state index is 5.84. The van der Waals surface area contributed by atoms with Crippen molar-refractivity contribution in [3.8, 4) is 0 Å². The number of rotatable bonds is 1. The molecular weight excluding hydrogens is 184 g/mol. The lowest BCUT2D eigenvalue weighted by molar-refractivity contribution is 0.722. The molecule has 0 bridgehead atoms. The Morgan fingerprint density at radius 1 is 1.31 bits per heavy atom. The van der Waals surface area contributed by atoms with Gasteiger partial charge in [-0.05, 0) is 36.5 Å². The number of nitrogens with zero attached hydrogens (tertiary/aromatic N) is 1. The van der Waals surface area contributed by atoms with Crippen LogP contribution in [0.25, 0.3) is 0 Å². The van der Waals surface area contributed by atoms with Gasteiger partial charge in [0.2, 0.25) is 0 Å². The van der Waals surface area contributed by atoms with E-state index in [4.69, 9.17) is 17.3 Å². The summed E-state index contributed by atoms with van der Waals surface area (Å²) >= 11 is 5.84. The maximum Gasteiger partial charge on any atom is 0.131 e. The first-order valence-electron chi connectivity index (χ1n) is 4.68. The van der Waals surface area contributed by atoms with E-state index in [0.717, 1.165) is 0 Å². The quantitative estimate of drug-likeness (QED) is 0.702. The number of anilines is 1. The summed E-state index contributed by atoms with van der Waals surface area (Å²) < 4.78 is 0. The summed E-state index contributed by atoms with van der Waals surface area (Å²) in [6.07, 6.45) is 5.18. The van der Waals surface area contributed by atoms with Crippen molar-refractivity contribution in [1.29, 1.82) is 0 Å². The molecular formula is C10H13ClN2. The third-order valence-corrected chi connectivity index (χ3v) is 2.86. The maximum atomic E-state index is 5.84. The highest BCUT2D eigenvalue weighted by atomic mass is 35.5. The van der Waals surface area contributed by atoms with E-state index in [2.05, 4.69) is 4.98 Å². The molecule has 1 aromatic heterocycles. The third kappa shape index (κ3) is 1.94. The van der Waals surface area contributed by atoms with Crippen molar-refractivity contribution in [3.63, 3.8) is 0 Å². The van der Waals surface area contributed by atoms with Crippen LogP contribution >= 0.6 is 11.6 Å². The molecule has 0 spiro atoms. The van der Waals surface area contributed by atoms with Crippen molar-refractivity contribution in [1.82, 2.24) is 4.98 Å². The fraction of sp³-hybridized carbons (Fsp3) is 0.500. The molecule has 2 N–H and O–H groups in total. The highest BCUT2D eigenvalue weighted by Crippen LogP contribution is 2.35. The van der Waals surface area contributed by atoms with Gasteiger partial charge in [-0.3, -0.25) is 0 Å². The molecule has 0 radical (unpaired) electrons. The van der Waals surface area contributed by atoms with Crippen LogP contribution in [0.5, 0.6) is 0 Å². The van der Waals surface area contributed by atoms with Gasteiger partial charge in [0, 0.05) is 0 Å². The van der Waals surface area contributed by atoms with Crippen molar-refractivity contribution in [2.45, 2.75) is 31.6 Å². The Balaban J connectivity index is 2.28. The van der Waals surface area contributed by atoms with E-state index in [1.807, 2.05) is 12.1 Å². The fourth-order valence-corrected chi connectivity index (χ4v) is 2.26. The summed E-state index contributed by atoms with van der Waals surface area (Å²) in [5, 5.41) is 0.516. The Morgan fingerprint density at radius 2 is 2.00 bits per heavy atom. The Hall–Kier alpha value is -0.760. The Kier molecular flexibility index (Phi) is 2.40. The molecule has 2 rings (SSSR count). The van der Waals surface area contributed by atoms with E-state index in [0.29, 0.717) is 16.9 Å². The van der Waals surface area contributed by atoms with Crippen LogP contribution < -0.4 is 5.73 Å². The molecule has 1 saturated carbocycles. The van der Waals surface area contributed by atoms with Gasteiger partial charge >= 0.3 is 0 Å². The summed E-state index contributed by atoms with van der Waals surface area (Å²) in [6, 6.07) is 3.88. The minimum atomic E-state index is 0.516. The van der Waals surface area contributed by atoms with Crippen LogP contribution in [0, 0.1) is 0 Å². The predicted molar refractivity (Wildman–Crippen MR) is 54.9 cm³/mol. The second kappa shape index (κ2) is 3.54. The van der Waals surface area contributed by atoms with Gasteiger partial charge in [-0.2, -0.15) is 0 Å². The second-order valence-electron chi connectivity index (χ2n) is 3.63. The van der Waals surface area contributed by atoms with E-state index >= 15 is 0 Å². The van der Waals surface area contributed by atoms with Crippen molar-refractivity contribution in [2.75, 3.05) is 5.73 Å². The van der Waals surface area contributed by atoms with Gasteiger partial charge in [0.1, 0.15) is 11.0 Å². The van der Waals surface area contributed by atoms with Crippen molar-refractivity contribution >= 4 is 17.4 Å². The largest absolute Gasteiger partial charge is 0.384 e. The molecule has 2 nitrogen and oxygen atoms in total. The van der Waals surface area contributed by atoms with Gasteiger partial charge < -0.3 is 5.73 Å². The van der Waals surface area contributed by atoms with E-state index in [-0.39, 0.29) is 0 Å². The lowest BCUT2D eigenvalue weighted by Crippen LogP contribution is -1.97. The number of nitrogen functional groups attached to an aromatic ring is 1. The summed E-state index contributed by atoms with van der Waals surface area (Å²) in [7, 11) is 0. The van der Waals surface area contributed by atoms with Crippen LogP contribution in [0.4, 0.5) is 5.82 Å². The number of nitrogens with two attached hydrogens (primary N) is 1. The molecule has 0 aromatic carbocycles. The lowest BCUT2D eigenvalue weighted by atomic mass is 9.99. The monoisotopic (exact) mass is 196 g/mol. The molecule has 1 fully saturated rings. The molecule has 1 aromatic rings. The summed E-state index contributed by atoms with van der Waals surface area (Å²) in [5.74, 6) is 1.19. The van der Waals surface area contributed by atoms with Crippen LogP contribution in [0.15, 0.2) is 12.1 Å². The fourth-order valence-electron chi connectivity index (χ4n) is 2.03. The van der Waals surface area contributed by atoms with Gasteiger partial charge in [-0.25, -0.2) is 4.98 Å².